The minimum absolute atomic E-state index is 0.00215. The predicted octanol–water partition coefficient (Wildman–Crippen LogP) is 4.19. The summed E-state index contributed by atoms with van der Waals surface area (Å²) in [6.07, 6.45) is 0. The van der Waals surface area contributed by atoms with Gasteiger partial charge >= 0.3 is 5.97 Å². The summed E-state index contributed by atoms with van der Waals surface area (Å²) in [5.41, 5.74) is -0.331. The molecule has 4 nitrogen and oxygen atoms in total. The highest BCUT2D eigenvalue weighted by molar-refractivity contribution is 9.10. The van der Waals surface area contributed by atoms with Crippen molar-refractivity contribution in [3.05, 3.63) is 62.8 Å². The molecule has 0 fully saturated rings. The molecule has 1 amide bonds. The van der Waals surface area contributed by atoms with Gasteiger partial charge in [-0.15, -0.1) is 0 Å². The summed E-state index contributed by atoms with van der Waals surface area (Å²) in [6, 6.07) is 7.89. The Bertz CT molecular complexity index is 736. The van der Waals surface area contributed by atoms with E-state index < -0.39 is 17.7 Å². The Morgan fingerprint density at radius 3 is 2.43 bits per heavy atom. The number of hydrogen-bond acceptors (Lipinski definition) is 2. The van der Waals surface area contributed by atoms with E-state index in [4.69, 9.17) is 16.7 Å². The maximum absolute atomic E-state index is 13.7. The van der Waals surface area contributed by atoms with Crippen molar-refractivity contribution in [1.29, 1.82) is 0 Å². The van der Waals surface area contributed by atoms with Crippen molar-refractivity contribution in [3.8, 4) is 0 Å². The number of carbonyl (C=O) groups excluding carboxylic acids is 1. The zero-order chi connectivity index (χ0) is 15.6. The summed E-state index contributed by atoms with van der Waals surface area (Å²) in [6.45, 7) is 0. The van der Waals surface area contributed by atoms with Crippen molar-refractivity contribution in [3.63, 3.8) is 0 Å². The normalized spacial score (nSPS) is 10.2. The minimum atomic E-state index is -1.22. The third-order valence-electron chi connectivity index (χ3n) is 2.64. The van der Waals surface area contributed by atoms with Gasteiger partial charge in [0.15, 0.2) is 0 Å². The number of nitrogens with one attached hydrogen (secondary N) is 1. The first-order valence-corrected chi connectivity index (χ1v) is 6.85. The zero-order valence-electron chi connectivity index (χ0n) is 10.4. The van der Waals surface area contributed by atoms with Crippen LogP contribution in [0.3, 0.4) is 0 Å². The monoisotopic (exact) mass is 371 g/mol. The lowest BCUT2D eigenvalue weighted by molar-refractivity contribution is 0.0698. The molecule has 0 aromatic heterocycles. The predicted molar refractivity (Wildman–Crippen MR) is 80.5 cm³/mol. The van der Waals surface area contributed by atoms with Crippen molar-refractivity contribution < 1.29 is 19.1 Å². The van der Waals surface area contributed by atoms with Gasteiger partial charge in [-0.25, -0.2) is 9.18 Å². The lowest BCUT2D eigenvalue weighted by Gasteiger charge is -2.09. The number of amides is 1. The van der Waals surface area contributed by atoms with E-state index in [1.165, 1.54) is 30.3 Å². The number of carbonyl (C=O) groups is 2. The number of carboxylic acid groups (broad SMARTS) is 1. The molecule has 0 unspecified atom stereocenters. The molecule has 0 aliphatic heterocycles. The zero-order valence-corrected chi connectivity index (χ0v) is 12.7. The van der Waals surface area contributed by atoms with Crippen LogP contribution in [0.4, 0.5) is 10.1 Å². The van der Waals surface area contributed by atoms with Crippen LogP contribution in [0.15, 0.2) is 40.9 Å². The summed E-state index contributed by atoms with van der Waals surface area (Å²) < 4.78 is 14.2. The molecule has 2 aromatic rings. The van der Waals surface area contributed by atoms with Crippen molar-refractivity contribution in [2.45, 2.75) is 0 Å². The van der Waals surface area contributed by atoms with Gasteiger partial charge in [0.05, 0.1) is 16.8 Å². The highest BCUT2D eigenvalue weighted by Gasteiger charge is 2.16. The van der Waals surface area contributed by atoms with E-state index in [-0.39, 0.29) is 21.8 Å². The molecule has 0 heterocycles. The molecule has 21 heavy (non-hydrogen) atoms. The van der Waals surface area contributed by atoms with Crippen LogP contribution in [-0.2, 0) is 0 Å². The van der Waals surface area contributed by atoms with E-state index in [1.807, 2.05) is 0 Å². The Hall–Kier alpha value is -1.92. The van der Waals surface area contributed by atoms with E-state index >= 15 is 0 Å². The van der Waals surface area contributed by atoms with Crippen LogP contribution >= 0.6 is 27.5 Å². The van der Waals surface area contributed by atoms with E-state index in [9.17, 15) is 14.0 Å². The van der Waals surface area contributed by atoms with Gasteiger partial charge in [0.25, 0.3) is 5.91 Å². The highest BCUT2D eigenvalue weighted by atomic mass is 79.9. The summed E-state index contributed by atoms with van der Waals surface area (Å²) >= 11 is 8.86. The molecule has 2 N–H and O–H groups in total. The Morgan fingerprint density at radius 2 is 1.81 bits per heavy atom. The first kappa shape index (κ1) is 15.5. The number of hydrogen-bond donors (Lipinski definition) is 2. The summed E-state index contributed by atoms with van der Waals surface area (Å²) in [5, 5.41) is 11.7. The molecule has 0 aliphatic rings. The average Bonchev–Trinajstić information content (AvgIpc) is 2.37. The molecule has 0 radical (unpaired) electrons. The fraction of sp³-hybridized carbons (Fsp3) is 0. The average molecular weight is 373 g/mol. The molecule has 0 spiro atoms. The summed E-state index contributed by atoms with van der Waals surface area (Å²) in [4.78, 5) is 23.1. The van der Waals surface area contributed by atoms with Gasteiger partial charge in [0.1, 0.15) is 5.82 Å². The third-order valence-corrected chi connectivity index (χ3v) is 3.36. The Morgan fingerprint density at radius 1 is 1.14 bits per heavy atom. The smallest absolute Gasteiger partial charge is 0.337 e. The van der Waals surface area contributed by atoms with Crippen molar-refractivity contribution >= 4 is 45.1 Å². The molecule has 0 saturated heterocycles. The fourth-order valence-corrected chi connectivity index (χ4v) is 2.17. The van der Waals surface area contributed by atoms with E-state index in [0.717, 1.165) is 6.07 Å². The summed E-state index contributed by atoms with van der Waals surface area (Å²) in [7, 11) is 0. The van der Waals surface area contributed by atoms with Crippen LogP contribution in [0, 0.1) is 5.82 Å². The largest absolute Gasteiger partial charge is 0.478 e. The van der Waals surface area contributed by atoms with Crippen LogP contribution in [-0.4, -0.2) is 17.0 Å². The Labute approximate surface area is 132 Å². The molecule has 2 rings (SSSR count). The third kappa shape index (κ3) is 3.59. The second kappa shape index (κ2) is 6.24. The molecule has 108 valence electrons. The molecular weight excluding hydrogens is 365 g/mol. The van der Waals surface area contributed by atoms with Crippen LogP contribution in [0.1, 0.15) is 20.7 Å². The van der Waals surface area contributed by atoms with Crippen LogP contribution in [0.25, 0.3) is 0 Å². The van der Waals surface area contributed by atoms with E-state index in [0.29, 0.717) is 4.47 Å². The van der Waals surface area contributed by atoms with Gasteiger partial charge in [-0.05, 0) is 36.4 Å². The van der Waals surface area contributed by atoms with Gasteiger partial charge in [0.2, 0.25) is 0 Å². The van der Waals surface area contributed by atoms with Crippen LogP contribution in [0.2, 0.25) is 5.02 Å². The minimum Gasteiger partial charge on any atom is -0.478 e. The topological polar surface area (TPSA) is 66.4 Å². The van der Waals surface area contributed by atoms with Gasteiger partial charge in [0, 0.05) is 9.50 Å². The van der Waals surface area contributed by atoms with Gasteiger partial charge in [-0.2, -0.15) is 0 Å². The molecule has 0 aliphatic carbocycles. The van der Waals surface area contributed by atoms with E-state index in [2.05, 4.69) is 21.2 Å². The molecule has 0 atom stereocenters. The van der Waals surface area contributed by atoms with Crippen LogP contribution < -0.4 is 5.32 Å². The lowest BCUT2D eigenvalue weighted by Crippen LogP contribution is -2.16. The molecule has 0 saturated carbocycles. The SMILES string of the molecule is O=C(Nc1cc(Cl)ccc1C(=O)O)c1ccc(Br)cc1F. The van der Waals surface area contributed by atoms with Crippen molar-refractivity contribution in [2.75, 3.05) is 5.32 Å². The van der Waals surface area contributed by atoms with Crippen molar-refractivity contribution in [1.82, 2.24) is 0 Å². The number of benzene rings is 2. The highest BCUT2D eigenvalue weighted by Crippen LogP contribution is 2.23. The van der Waals surface area contributed by atoms with Gasteiger partial charge < -0.3 is 10.4 Å². The van der Waals surface area contributed by atoms with E-state index in [1.54, 1.807) is 0 Å². The van der Waals surface area contributed by atoms with Gasteiger partial charge in [-0.3, -0.25) is 4.79 Å². The fourth-order valence-electron chi connectivity index (χ4n) is 1.67. The number of carboxylic acids is 1. The van der Waals surface area contributed by atoms with Gasteiger partial charge in [-0.1, -0.05) is 27.5 Å². The lowest BCUT2D eigenvalue weighted by atomic mass is 10.1. The second-order valence-electron chi connectivity index (χ2n) is 4.07. The van der Waals surface area contributed by atoms with Crippen molar-refractivity contribution in [2.24, 2.45) is 0 Å². The standard InChI is InChI=1S/C14H8BrClFNO3/c15-7-1-3-9(11(17)5-7)13(19)18-12-6-8(16)2-4-10(12)14(20)21/h1-6H,(H,18,19)(H,20,21). The summed E-state index contributed by atoms with van der Waals surface area (Å²) in [5.74, 6) is -2.70. The maximum atomic E-state index is 13.7. The first-order chi connectivity index (χ1) is 9.88. The molecular formula is C14H8BrClFNO3. The number of rotatable bonds is 3. The molecule has 0 bridgehead atoms. The Kier molecular flexibility index (Phi) is 4.59. The quantitative estimate of drug-likeness (QED) is 0.849. The maximum Gasteiger partial charge on any atom is 0.337 e. The molecule has 7 heteroatoms. The number of aromatic carboxylic acids is 1. The Balaban J connectivity index is 2.35. The number of anilines is 1. The number of halogens is 3. The molecule has 2 aromatic carbocycles. The first-order valence-electron chi connectivity index (χ1n) is 5.67. The van der Waals surface area contributed by atoms with Crippen LogP contribution in [0.5, 0.6) is 0 Å². The second-order valence-corrected chi connectivity index (χ2v) is 5.43.